The Balaban J connectivity index is 1.92. The number of carbonyl (C=O) groups is 1. The van der Waals surface area contributed by atoms with Crippen LogP contribution in [0.5, 0.6) is 5.88 Å². The molecule has 1 heterocycles. The monoisotopic (exact) mass is 280 g/mol. The van der Waals surface area contributed by atoms with Crippen LogP contribution in [0.3, 0.4) is 0 Å². The normalized spacial score (nSPS) is 19.5. The molecule has 5 nitrogen and oxygen atoms in total. The Bertz CT molecular complexity index is 541. The number of alkyl halides is 3. The summed E-state index contributed by atoms with van der Waals surface area (Å²) in [5.41, 5.74) is -2.29. The van der Waals surface area contributed by atoms with Gasteiger partial charge in [0, 0.05) is 15.0 Å². The SMILES string of the molecule is [2H]C([2H])(CCOc1ccn(C(=O)O)n1)C1(C(F)(F)F)CC1. The number of rotatable bonds is 5. The van der Waals surface area contributed by atoms with Crippen molar-refractivity contribution < 1.29 is 30.6 Å². The topological polar surface area (TPSA) is 64.3 Å². The number of carboxylic acid groups (broad SMARTS) is 1. The minimum atomic E-state index is -4.58. The molecule has 106 valence electrons. The molecule has 0 bridgehead atoms. The fraction of sp³-hybridized carbons (Fsp3) is 0.636. The minimum Gasteiger partial charge on any atom is -0.477 e. The van der Waals surface area contributed by atoms with Crippen LogP contribution in [0.25, 0.3) is 0 Å². The van der Waals surface area contributed by atoms with Gasteiger partial charge in [0.15, 0.2) is 0 Å². The first kappa shape index (κ1) is 11.1. The molecule has 0 atom stereocenters. The third-order valence-corrected chi connectivity index (χ3v) is 2.87. The fourth-order valence-corrected chi connectivity index (χ4v) is 1.62. The quantitative estimate of drug-likeness (QED) is 0.900. The van der Waals surface area contributed by atoms with Crippen LogP contribution < -0.4 is 4.74 Å². The van der Waals surface area contributed by atoms with Crippen molar-refractivity contribution in [1.29, 1.82) is 0 Å². The summed E-state index contributed by atoms with van der Waals surface area (Å²) in [5.74, 6) is -0.0787. The van der Waals surface area contributed by atoms with Gasteiger partial charge in [-0.15, -0.1) is 5.10 Å². The van der Waals surface area contributed by atoms with Crippen molar-refractivity contribution in [2.24, 2.45) is 5.41 Å². The van der Waals surface area contributed by atoms with Crippen molar-refractivity contribution in [2.75, 3.05) is 6.61 Å². The lowest BCUT2D eigenvalue weighted by molar-refractivity contribution is -0.189. The van der Waals surface area contributed by atoms with E-state index in [0.717, 1.165) is 6.20 Å². The number of hydrogen-bond acceptors (Lipinski definition) is 3. The largest absolute Gasteiger partial charge is 0.477 e. The summed E-state index contributed by atoms with van der Waals surface area (Å²) in [6.07, 6.45) is -8.12. The lowest BCUT2D eigenvalue weighted by Gasteiger charge is -2.18. The predicted molar refractivity (Wildman–Crippen MR) is 58.1 cm³/mol. The summed E-state index contributed by atoms with van der Waals surface area (Å²) in [4.78, 5) is 10.6. The molecule has 2 rings (SSSR count). The Labute approximate surface area is 109 Å². The molecule has 0 saturated heterocycles. The van der Waals surface area contributed by atoms with Crippen LogP contribution in [0.4, 0.5) is 18.0 Å². The number of hydrogen-bond donors (Lipinski definition) is 1. The Morgan fingerprint density at radius 1 is 1.63 bits per heavy atom. The molecule has 8 heteroatoms. The summed E-state index contributed by atoms with van der Waals surface area (Å²) in [6.45, 7) is -0.318. The van der Waals surface area contributed by atoms with Crippen LogP contribution in [0.15, 0.2) is 12.3 Å². The van der Waals surface area contributed by atoms with Gasteiger partial charge in [-0.2, -0.15) is 17.9 Å². The highest BCUT2D eigenvalue weighted by Gasteiger charge is 2.62. The van der Waals surface area contributed by atoms with Crippen LogP contribution in [0.1, 0.15) is 28.4 Å². The molecule has 1 aliphatic rings. The first-order valence-corrected chi connectivity index (χ1v) is 5.58. The van der Waals surface area contributed by atoms with Crippen molar-refractivity contribution >= 4 is 6.09 Å². The number of aromatic nitrogens is 2. The Morgan fingerprint density at radius 2 is 2.32 bits per heavy atom. The van der Waals surface area contributed by atoms with Crippen LogP contribution in [-0.4, -0.2) is 33.8 Å². The van der Waals surface area contributed by atoms with E-state index in [1.165, 1.54) is 6.07 Å². The zero-order valence-corrected chi connectivity index (χ0v) is 9.78. The van der Waals surface area contributed by atoms with Gasteiger partial charge in [0.05, 0.1) is 12.0 Å². The fourth-order valence-electron chi connectivity index (χ4n) is 1.62. The highest BCUT2D eigenvalue weighted by Crippen LogP contribution is 2.60. The summed E-state index contributed by atoms with van der Waals surface area (Å²) < 4.78 is 59.5. The molecular weight excluding hydrogens is 265 g/mol. The Kier molecular flexibility index (Phi) is 2.78. The van der Waals surface area contributed by atoms with Crippen LogP contribution in [0, 0.1) is 5.41 Å². The second kappa shape index (κ2) is 4.75. The molecule has 1 N–H and O–H groups in total. The van der Waals surface area contributed by atoms with E-state index in [1.54, 1.807) is 0 Å². The first-order valence-electron chi connectivity index (χ1n) is 6.58. The van der Waals surface area contributed by atoms with Gasteiger partial charge in [0.1, 0.15) is 0 Å². The molecular formula is C11H13F3N2O3. The number of nitrogens with zero attached hydrogens (tertiary/aromatic N) is 2. The van der Waals surface area contributed by atoms with E-state index in [1.807, 2.05) is 0 Å². The summed E-state index contributed by atoms with van der Waals surface area (Å²) in [7, 11) is 0. The van der Waals surface area contributed by atoms with Gasteiger partial charge in [0.2, 0.25) is 5.88 Å². The molecule has 0 unspecified atom stereocenters. The first-order chi connectivity index (χ1) is 9.59. The molecule has 1 aliphatic carbocycles. The van der Waals surface area contributed by atoms with Gasteiger partial charge in [-0.3, -0.25) is 0 Å². The van der Waals surface area contributed by atoms with E-state index in [0.29, 0.717) is 4.68 Å². The molecule has 0 aliphatic heterocycles. The lowest BCUT2D eigenvalue weighted by Crippen LogP contribution is -2.24. The minimum absolute atomic E-state index is 0.0787. The third kappa shape index (κ3) is 2.99. The molecule has 1 saturated carbocycles. The van der Waals surface area contributed by atoms with Gasteiger partial charge in [-0.25, -0.2) is 4.79 Å². The molecule has 1 aromatic rings. The molecule has 0 amide bonds. The van der Waals surface area contributed by atoms with E-state index >= 15 is 0 Å². The van der Waals surface area contributed by atoms with E-state index in [-0.39, 0.29) is 25.3 Å². The van der Waals surface area contributed by atoms with Gasteiger partial charge < -0.3 is 9.84 Å². The van der Waals surface area contributed by atoms with E-state index in [2.05, 4.69) is 5.10 Å². The van der Waals surface area contributed by atoms with Crippen molar-refractivity contribution in [1.82, 2.24) is 9.78 Å². The number of halogens is 3. The van der Waals surface area contributed by atoms with Crippen molar-refractivity contribution in [3.05, 3.63) is 12.3 Å². The molecule has 0 spiro atoms. The smallest absolute Gasteiger partial charge is 0.432 e. The van der Waals surface area contributed by atoms with E-state index < -0.39 is 30.5 Å². The average Bonchev–Trinajstić information content (AvgIpc) is 3.05. The van der Waals surface area contributed by atoms with Crippen molar-refractivity contribution in [2.45, 2.75) is 31.8 Å². The maximum Gasteiger partial charge on any atom is 0.432 e. The zero-order valence-electron chi connectivity index (χ0n) is 11.8. The van der Waals surface area contributed by atoms with Crippen LogP contribution in [-0.2, 0) is 0 Å². The lowest BCUT2D eigenvalue weighted by atomic mass is 10.0. The van der Waals surface area contributed by atoms with Crippen LogP contribution >= 0.6 is 0 Å². The van der Waals surface area contributed by atoms with Crippen molar-refractivity contribution in [3.63, 3.8) is 0 Å². The second-order valence-corrected chi connectivity index (χ2v) is 4.24. The van der Waals surface area contributed by atoms with Gasteiger partial charge >= 0.3 is 12.3 Å². The Hall–Kier alpha value is -1.73. The molecule has 0 aromatic carbocycles. The molecule has 0 radical (unpaired) electrons. The van der Waals surface area contributed by atoms with Gasteiger partial charge in [-0.1, -0.05) is 0 Å². The molecule has 1 aromatic heterocycles. The van der Waals surface area contributed by atoms with Crippen LogP contribution in [0.2, 0.25) is 0 Å². The van der Waals surface area contributed by atoms with Gasteiger partial charge in [-0.05, 0) is 25.6 Å². The van der Waals surface area contributed by atoms with Crippen molar-refractivity contribution in [3.8, 4) is 5.88 Å². The average molecular weight is 280 g/mol. The maximum atomic E-state index is 12.9. The zero-order chi connectivity index (χ0) is 15.9. The van der Waals surface area contributed by atoms with E-state index in [4.69, 9.17) is 12.6 Å². The molecule has 19 heavy (non-hydrogen) atoms. The third-order valence-electron chi connectivity index (χ3n) is 2.87. The van der Waals surface area contributed by atoms with Gasteiger partial charge in [0.25, 0.3) is 0 Å². The summed E-state index contributed by atoms with van der Waals surface area (Å²) in [5, 5.41) is 12.1. The number of ether oxygens (including phenoxy) is 1. The highest BCUT2D eigenvalue weighted by atomic mass is 19.4. The summed E-state index contributed by atoms with van der Waals surface area (Å²) in [6, 6.07) is 1.24. The second-order valence-electron chi connectivity index (χ2n) is 4.24. The summed E-state index contributed by atoms with van der Waals surface area (Å²) >= 11 is 0. The standard InChI is InChI=1S/C11H13F3N2O3/c12-11(13,14)10(4-5-10)3-1-7-19-8-2-6-16(15-8)9(17)18/h2,6H,1,3-5,7H2,(H,17,18)/i3D2. The molecule has 1 fully saturated rings. The van der Waals surface area contributed by atoms with E-state index in [9.17, 15) is 18.0 Å². The Morgan fingerprint density at radius 3 is 2.79 bits per heavy atom. The highest BCUT2D eigenvalue weighted by molar-refractivity contribution is 5.66. The maximum absolute atomic E-state index is 12.9. The predicted octanol–water partition coefficient (Wildman–Crippen LogP) is 2.91.